The predicted octanol–water partition coefficient (Wildman–Crippen LogP) is 3.53. The van der Waals surface area contributed by atoms with Crippen LogP contribution in [0.2, 0.25) is 0 Å². The van der Waals surface area contributed by atoms with Crippen molar-refractivity contribution in [3.63, 3.8) is 0 Å². The molecule has 20 heavy (non-hydrogen) atoms. The molecule has 0 saturated carbocycles. The van der Waals surface area contributed by atoms with Crippen molar-refractivity contribution in [1.82, 2.24) is 0 Å². The van der Waals surface area contributed by atoms with Crippen molar-refractivity contribution in [1.29, 1.82) is 5.26 Å². The van der Waals surface area contributed by atoms with Crippen LogP contribution in [0.3, 0.4) is 0 Å². The van der Waals surface area contributed by atoms with Gasteiger partial charge in [-0.3, -0.25) is 0 Å². The number of hydrogen-bond donors (Lipinski definition) is 0. The monoisotopic (exact) mass is 265 g/mol. The van der Waals surface area contributed by atoms with Crippen molar-refractivity contribution in [3.8, 4) is 6.07 Å². The Morgan fingerprint density at radius 3 is 2.40 bits per heavy atom. The van der Waals surface area contributed by atoms with E-state index < -0.39 is 0 Å². The largest absolute Gasteiger partial charge is 0.457 e. The highest BCUT2D eigenvalue weighted by molar-refractivity contribution is 5.89. The molecule has 0 aliphatic rings. The smallest absolute Gasteiger partial charge is 0.338 e. The maximum atomic E-state index is 11.9. The summed E-state index contributed by atoms with van der Waals surface area (Å²) in [6, 6.07) is 14.5. The Bertz CT molecular complexity index is 666. The molecule has 0 aliphatic carbocycles. The van der Waals surface area contributed by atoms with Gasteiger partial charge in [-0.1, -0.05) is 18.2 Å². The number of carbonyl (C=O) groups excluding carboxylic acids is 1. The Morgan fingerprint density at radius 2 is 1.80 bits per heavy atom. The van der Waals surface area contributed by atoms with Gasteiger partial charge < -0.3 is 4.74 Å². The molecule has 0 saturated heterocycles. The highest BCUT2D eigenvalue weighted by Gasteiger charge is 2.08. The van der Waals surface area contributed by atoms with Gasteiger partial charge in [-0.05, 0) is 54.8 Å². The first-order valence-corrected chi connectivity index (χ1v) is 6.33. The van der Waals surface area contributed by atoms with Gasteiger partial charge in [0.2, 0.25) is 0 Å². The fourth-order valence-electron chi connectivity index (χ4n) is 1.78. The number of rotatable bonds is 3. The quantitative estimate of drug-likeness (QED) is 0.798. The molecule has 0 amide bonds. The van der Waals surface area contributed by atoms with Crippen LogP contribution in [0.5, 0.6) is 0 Å². The lowest BCUT2D eigenvalue weighted by Gasteiger charge is -2.07. The fourth-order valence-corrected chi connectivity index (χ4v) is 1.78. The van der Waals surface area contributed by atoms with Crippen molar-refractivity contribution in [3.05, 3.63) is 70.3 Å². The van der Waals surface area contributed by atoms with Crippen LogP contribution in [0.15, 0.2) is 42.5 Å². The first-order valence-electron chi connectivity index (χ1n) is 6.33. The lowest BCUT2D eigenvalue weighted by Crippen LogP contribution is -2.05. The van der Waals surface area contributed by atoms with Crippen LogP contribution in [0.25, 0.3) is 0 Å². The van der Waals surface area contributed by atoms with Gasteiger partial charge in [-0.25, -0.2) is 4.79 Å². The number of carbonyl (C=O) groups is 1. The van der Waals surface area contributed by atoms with Crippen LogP contribution >= 0.6 is 0 Å². The van der Waals surface area contributed by atoms with Gasteiger partial charge in [0.05, 0.1) is 17.2 Å². The lowest BCUT2D eigenvalue weighted by atomic mass is 10.1. The topological polar surface area (TPSA) is 50.1 Å². The van der Waals surface area contributed by atoms with Crippen LogP contribution < -0.4 is 0 Å². The minimum Gasteiger partial charge on any atom is -0.457 e. The number of hydrogen-bond acceptors (Lipinski definition) is 3. The summed E-state index contributed by atoms with van der Waals surface area (Å²) in [5, 5.41) is 8.71. The van der Waals surface area contributed by atoms with E-state index in [0.29, 0.717) is 11.1 Å². The summed E-state index contributed by atoms with van der Waals surface area (Å²) in [5.74, 6) is -0.336. The molecule has 2 rings (SSSR count). The second kappa shape index (κ2) is 6.03. The molecular formula is C17H15NO2. The molecule has 3 nitrogen and oxygen atoms in total. The van der Waals surface area contributed by atoms with Crippen LogP contribution in [0.4, 0.5) is 0 Å². The van der Waals surface area contributed by atoms with Gasteiger partial charge in [0, 0.05) is 0 Å². The highest BCUT2D eigenvalue weighted by atomic mass is 16.5. The number of aryl methyl sites for hydroxylation is 2. The number of benzene rings is 2. The number of ether oxygens (including phenoxy) is 1. The van der Waals surface area contributed by atoms with Gasteiger partial charge in [-0.15, -0.1) is 0 Å². The van der Waals surface area contributed by atoms with Gasteiger partial charge in [-0.2, -0.15) is 5.26 Å². The van der Waals surface area contributed by atoms with Crippen molar-refractivity contribution in [2.45, 2.75) is 20.5 Å². The zero-order valence-electron chi connectivity index (χ0n) is 11.5. The summed E-state index contributed by atoms with van der Waals surface area (Å²) in [7, 11) is 0. The molecule has 0 aliphatic heterocycles. The van der Waals surface area contributed by atoms with E-state index in [-0.39, 0.29) is 12.6 Å². The molecule has 3 heteroatoms. The Labute approximate surface area is 118 Å². The van der Waals surface area contributed by atoms with Gasteiger partial charge in [0.1, 0.15) is 6.61 Å². The van der Waals surface area contributed by atoms with Crippen LogP contribution in [-0.4, -0.2) is 5.97 Å². The average molecular weight is 265 g/mol. The molecule has 0 aromatic heterocycles. The summed E-state index contributed by atoms with van der Waals surface area (Å²) in [6.45, 7) is 4.17. The van der Waals surface area contributed by atoms with E-state index in [9.17, 15) is 4.79 Å². The molecule has 0 radical (unpaired) electrons. The van der Waals surface area contributed by atoms with E-state index in [1.807, 2.05) is 32.0 Å². The second-order valence-corrected chi connectivity index (χ2v) is 4.68. The number of nitriles is 1. The summed E-state index contributed by atoms with van der Waals surface area (Å²) >= 11 is 0. The molecule has 0 fully saturated rings. The zero-order valence-corrected chi connectivity index (χ0v) is 11.5. The van der Waals surface area contributed by atoms with E-state index in [4.69, 9.17) is 10.00 Å². The Hall–Kier alpha value is -2.60. The molecule has 2 aromatic rings. The molecule has 0 N–H and O–H groups in total. The van der Waals surface area contributed by atoms with E-state index in [2.05, 4.69) is 0 Å². The Morgan fingerprint density at radius 1 is 1.10 bits per heavy atom. The van der Waals surface area contributed by atoms with Crippen LogP contribution in [-0.2, 0) is 11.3 Å². The first kappa shape index (κ1) is 13.8. The average Bonchev–Trinajstić information content (AvgIpc) is 2.48. The van der Waals surface area contributed by atoms with Crippen molar-refractivity contribution < 1.29 is 9.53 Å². The van der Waals surface area contributed by atoms with Crippen LogP contribution in [0, 0.1) is 25.2 Å². The molecule has 0 unspecified atom stereocenters. The molecule has 0 bridgehead atoms. The zero-order chi connectivity index (χ0) is 14.5. The van der Waals surface area contributed by atoms with Crippen molar-refractivity contribution >= 4 is 5.97 Å². The minimum absolute atomic E-state index is 0.206. The second-order valence-electron chi connectivity index (χ2n) is 4.68. The number of esters is 1. The Balaban J connectivity index is 2.01. The first-order chi connectivity index (χ1) is 9.60. The van der Waals surface area contributed by atoms with E-state index in [0.717, 1.165) is 16.7 Å². The summed E-state index contributed by atoms with van der Waals surface area (Å²) in [6.07, 6.45) is 0. The summed E-state index contributed by atoms with van der Waals surface area (Å²) < 4.78 is 5.26. The van der Waals surface area contributed by atoms with Gasteiger partial charge >= 0.3 is 5.97 Å². The Kier molecular flexibility index (Phi) is 4.17. The standard InChI is InChI=1S/C17H15NO2/c1-12-3-8-16(9-13(12)2)17(19)20-11-15-6-4-14(10-18)5-7-15/h3-9H,11H2,1-2H3. The fraction of sp³-hybridized carbons (Fsp3) is 0.176. The maximum absolute atomic E-state index is 11.9. The van der Waals surface area contributed by atoms with E-state index in [1.54, 1.807) is 30.3 Å². The molecule has 0 spiro atoms. The maximum Gasteiger partial charge on any atom is 0.338 e. The normalized spacial score (nSPS) is 9.85. The van der Waals surface area contributed by atoms with Gasteiger partial charge in [0.25, 0.3) is 0 Å². The minimum atomic E-state index is -0.336. The summed E-state index contributed by atoms with van der Waals surface area (Å²) in [4.78, 5) is 11.9. The molecular weight excluding hydrogens is 250 g/mol. The molecule has 0 heterocycles. The third-order valence-corrected chi connectivity index (χ3v) is 3.20. The van der Waals surface area contributed by atoms with E-state index in [1.165, 1.54) is 0 Å². The van der Waals surface area contributed by atoms with Crippen molar-refractivity contribution in [2.24, 2.45) is 0 Å². The predicted molar refractivity (Wildman–Crippen MR) is 76.2 cm³/mol. The van der Waals surface area contributed by atoms with Crippen LogP contribution in [0.1, 0.15) is 32.6 Å². The third kappa shape index (κ3) is 3.24. The molecule has 0 atom stereocenters. The third-order valence-electron chi connectivity index (χ3n) is 3.20. The number of nitrogens with zero attached hydrogens (tertiary/aromatic N) is 1. The summed E-state index contributed by atoms with van der Waals surface area (Å²) in [5.41, 5.74) is 4.23. The molecule has 2 aromatic carbocycles. The SMILES string of the molecule is Cc1ccc(C(=O)OCc2ccc(C#N)cc2)cc1C. The molecule has 100 valence electrons. The van der Waals surface area contributed by atoms with Crippen molar-refractivity contribution in [2.75, 3.05) is 0 Å². The van der Waals surface area contributed by atoms with E-state index >= 15 is 0 Å². The highest BCUT2D eigenvalue weighted by Crippen LogP contribution is 2.12. The van der Waals surface area contributed by atoms with Gasteiger partial charge in [0.15, 0.2) is 0 Å². The lowest BCUT2D eigenvalue weighted by molar-refractivity contribution is 0.0472.